The van der Waals surface area contributed by atoms with Gasteiger partial charge in [-0.2, -0.15) is 0 Å². The number of unbranched alkanes of at least 4 members (excludes halogenated alkanes) is 12. The van der Waals surface area contributed by atoms with E-state index in [4.69, 9.17) is 0 Å². The molecule has 0 fully saturated rings. The summed E-state index contributed by atoms with van der Waals surface area (Å²) in [6.07, 6.45) is 23.6. The Morgan fingerprint density at radius 1 is 0.429 bits per heavy atom. The van der Waals surface area contributed by atoms with E-state index in [-0.39, 0.29) is 0 Å². The molecule has 0 aliphatic heterocycles. The van der Waals surface area contributed by atoms with Crippen LogP contribution >= 0.6 is 7.26 Å². The van der Waals surface area contributed by atoms with Crippen molar-refractivity contribution in [2.45, 2.75) is 104 Å². The highest BCUT2D eigenvalue weighted by Gasteiger charge is 2.22. The molecule has 128 valence electrons. The monoisotopic (exact) mass is 315 g/mol. The molecule has 0 atom stereocenters. The van der Waals surface area contributed by atoms with Crippen molar-refractivity contribution in [3.05, 3.63) is 0 Å². The highest BCUT2D eigenvalue weighted by molar-refractivity contribution is 7.74. The molecule has 0 saturated carbocycles. The van der Waals surface area contributed by atoms with Crippen molar-refractivity contribution >= 4 is 7.26 Å². The quantitative estimate of drug-likeness (QED) is 0.201. The molecule has 1 heteroatoms. The lowest BCUT2D eigenvalue weighted by Crippen LogP contribution is -2.00. The summed E-state index contributed by atoms with van der Waals surface area (Å²) < 4.78 is 0. The molecule has 0 aromatic heterocycles. The molecule has 0 aliphatic rings. The minimum absolute atomic E-state index is 0.539. The maximum absolute atomic E-state index is 2.57. The van der Waals surface area contributed by atoms with E-state index in [1.54, 1.807) is 6.16 Å². The molecule has 0 amide bonds. The summed E-state index contributed by atoms with van der Waals surface area (Å²) in [5.74, 6) is 0. The van der Waals surface area contributed by atoms with Crippen LogP contribution in [0.4, 0.5) is 0 Å². The number of hydrogen-bond acceptors (Lipinski definition) is 0. The van der Waals surface area contributed by atoms with Gasteiger partial charge in [-0.3, -0.25) is 0 Å². The Balaban J connectivity index is 3.18. The molecule has 0 radical (unpaired) electrons. The fourth-order valence-electron chi connectivity index (χ4n) is 3.08. The Morgan fingerprint density at radius 3 is 1.19 bits per heavy atom. The Morgan fingerprint density at radius 2 is 0.762 bits per heavy atom. The molecule has 0 rings (SSSR count). The smallest absolute Gasteiger partial charge is 0.0589 e. The van der Waals surface area contributed by atoms with Gasteiger partial charge in [-0.1, -0.05) is 84.5 Å². The van der Waals surface area contributed by atoms with E-state index in [0.717, 1.165) is 0 Å². The second-order valence-corrected chi connectivity index (χ2v) is 12.4. The lowest BCUT2D eigenvalue weighted by molar-refractivity contribution is 0.548. The standard InChI is InChI=1S/C20H44P/c1-5-7-9-10-11-12-13-14-15-16-17-18-20-21(3,4)19-8-6-2/h5-20H2,1-4H3/q+1. The summed E-state index contributed by atoms with van der Waals surface area (Å²) in [7, 11) is -0.539. The van der Waals surface area contributed by atoms with Gasteiger partial charge in [0.05, 0.1) is 12.3 Å². The normalized spacial score (nSPS) is 12.0. The van der Waals surface area contributed by atoms with E-state index in [2.05, 4.69) is 27.2 Å². The maximum atomic E-state index is 2.57. The van der Waals surface area contributed by atoms with Crippen LogP contribution in [0.1, 0.15) is 104 Å². The molecule has 0 aromatic rings. The third kappa shape index (κ3) is 16.6. The van der Waals surface area contributed by atoms with Crippen molar-refractivity contribution < 1.29 is 0 Å². The summed E-state index contributed by atoms with van der Waals surface area (Å²) in [6, 6.07) is 0. The van der Waals surface area contributed by atoms with Crippen molar-refractivity contribution in [1.29, 1.82) is 0 Å². The van der Waals surface area contributed by atoms with E-state index in [9.17, 15) is 0 Å². The van der Waals surface area contributed by atoms with Crippen LogP contribution in [0.5, 0.6) is 0 Å². The second-order valence-electron chi connectivity index (χ2n) is 7.63. The molecule has 0 unspecified atom stereocenters. The minimum Gasteiger partial charge on any atom is -0.0654 e. The predicted molar refractivity (Wildman–Crippen MR) is 104 cm³/mol. The minimum atomic E-state index is -0.539. The van der Waals surface area contributed by atoms with Crippen molar-refractivity contribution in [3.8, 4) is 0 Å². The molecule has 0 N–H and O–H groups in total. The molecule has 0 bridgehead atoms. The molecule has 0 heterocycles. The summed E-state index contributed by atoms with van der Waals surface area (Å²) in [5, 5.41) is 0. The van der Waals surface area contributed by atoms with Gasteiger partial charge in [-0.05, 0) is 19.3 Å². The first-order chi connectivity index (χ1) is 10.1. The van der Waals surface area contributed by atoms with Gasteiger partial charge in [-0.15, -0.1) is 0 Å². The van der Waals surface area contributed by atoms with Crippen molar-refractivity contribution in [3.63, 3.8) is 0 Å². The number of hydrogen-bond donors (Lipinski definition) is 0. The first-order valence-electron chi connectivity index (χ1n) is 9.94. The van der Waals surface area contributed by atoms with Gasteiger partial charge < -0.3 is 0 Å². The van der Waals surface area contributed by atoms with Gasteiger partial charge >= 0.3 is 0 Å². The highest BCUT2D eigenvalue weighted by atomic mass is 31.2. The molecular formula is C20H44P+. The van der Waals surface area contributed by atoms with Crippen LogP contribution in [0.15, 0.2) is 0 Å². The van der Waals surface area contributed by atoms with E-state index >= 15 is 0 Å². The molecule has 0 nitrogen and oxygen atoms in total. The lowest BCUT2D eigenvalue weighted by Gasteiger charge is -2.17. The third-order valence-electron chi connectivity index (χ3n) is 4.73. The summed E-state index contributed by atoms with van der Waals surface area (Å²) >= 11 is 0. The van der Waals surface area contributed by atoms with Crippen molar-refractivity contribution in [2.75, 3.05) is 25.7 Å². The van der Waals surface area contributed by atoms with Gasteiger partial charge in [0.15, 0.2) is 0 Å². The predicted octanol–water partition coefficient (Wildman–Crippen LogP) is 7.76. The number of rotatable bonds is 16. The summed E-state index contributed by atoms with van der Waals surface area (Å²) in [6.45, 7) is 9.76. The lowest BCUT2D eigenvalue weighted by atomic mass is 10.1. The molecule has 0 spiro atoms. The van der Waals surface area contributed by atoms with E-state index in [1.807, 2.05) is 0 Å². The first kappa shape index (κ1) is 21.4. The second kappa shape index (κ2) is 15.3. The summed E-state index contributed by atoms with van der Waals surface area (Å²) in [5.41, 5.74) is 0. The van der Waals surface area contributed by atoms with Crippen LogP contribution in [0.2, 0.25) is 0 Å². The molecule has 0 aromatic carbocycles. The maximum Gasteiger partial charge on any atom is 0.0589 e. The van der Waals surface area contributed by atoms with Crippen LogP contribution in [-0.4, -0.2) is 25.7 Å². The Kier molecular flexibility index (Phi) is 15.6. The van der Waals surface area contributed by atoms with Crippen molar-refractivity contribution in [2.24, 2.45) is 0 Å². The Bertz CT molecular complexity index is 198. The highest BCUT2D eigenvalue weighted by Crippen LogP contribution is 2.52. The van der Waals surface area contributed by atoms with Crippen LogP contribution in [-0.2, 0) is 0 Å². The molecular weight excluding hydrogens is 271 g/mol. The van der Waals surface area contributed by atoms with Crippen molar-refractivity contribution in [1.82, 2.24) is 0 Å². The zero-order valence-corrected chi connectivity index (χ0v) is 16.7. The fourth-order valence-corrected chi connectivity index (χ4v) is 5.55. The van der Waals surface area contributed by atoms with Gasteiger partial charge in [0, 0.05) is 20.6 Å². The zero-order valence-electron chi connectivity index (χ0n) is 15.8. The van der Waals surface area contributed by atoms with E-state index in [1.165, 1.54) is 96.1 Å². The van der Waals surface area contributed by atoms with Crippen LogP contribution < -0.4 is 0 Å². The average Bonchev–Trinajstić information content (AvgIpc) is 2.46. The van der Waals surface area contributed by atoms with Crippen LogP contribution in [0.25, 0.3) is 0 Å². The molecule has 21 heavy (non-hydrogen) atoms. The molecule has 0 aliphatic carbocycles. The first-order valence-corrected chi connectivity index (χ1v) is 13.0. The zero-order chi connectivity index (χ0) is 15.8. The SMILES string of the molecule is CCCCCCCCCCCCCC[P+](C)(C)CCCC. The van der Waals surface area contributed by atoms with Crippen LogP contribution in [0, 0.1) is 0 Å². The molecule has 0 saturated heterocycles. The Labute approximate surface area is 137 Å². The fraction of sp³-hybridized carbons (Fsp3) is 1.00. The topological polar surface area (TPSA) is 0 Å². The van der Waals surface area contributed by atoms with E-state index < -0.39 is 7.26 Å². The largest absolute Gasteiger partial charge is 0.0654 e. The van der Waals surface area contributed by atoms with Gasteiger partial charge in [0.2, 0.25) is 0 Å². The summed E-state index contributed by atoms with van der Waals surface area (Å²) in [4.78, 5) is 0. The van der Waals surface area contributed by atoms with Gasteiger partial charge in [0.1, 0.15) is 0 Å². The van der Waals surface area contributed by atoms with Crippen LogP contribution in [0.3, 0.4) is 0 Å². The Hall–Kier alpha value is 0.430. The van der Waals surface area contributed by atoms with Gasteiger partial charge in [-0.25, -0.2) is 0 Å². The van der Waals surface area contributed by atoms with E-state index in [0.29, 0.717) is 0 Å². The van der Waals surface area contributed by atoms with Gasteiger partial charge in [0.25, 0.3) is 0 Å². The average molecular weight is 316 g/mol. The third-order valence-corrected chi connectivity index (χ3v) is 7.79.